The lowest BCUT2D eigenvalue weighted by molar-refractivity contribution is -0.305. The summed E-state index contributed by atoms with van der Waals surface area (Å²) in [6.07, 6.45) is 2.10. The standard InChI is InChI=1S/C18H30O5/c1-11-13(19)7-9-16(4)8-6-12-14(18(11,16)21)23-15(2,3)22-10-17(12,5)20/h11-12,14,20-21H,6-10H2,1-5H3/t11-,12+,14-,16-,17-,18-/m0/s1. The summed E-state index contributed by atoms with van der Waals surface area (Å²) in [5, 5.41) is 22.7. The van der Waals surface area contributed by atoms with Gasteiger partial charge >= 0.3 is 0 Å². The van der Waals surface area contributed by atoms with Crippen molar-refractivity contribution in [3.63, 3.8) is 0 Å². The summed E-state index contributed by atoms with van der Waals surface area (Å²) < 4.78 is 12.0. The molecule has 2 saturated carbocycles. The van der Waals surface area contributed by atoms with Crippen LogP contribution >= 0.6 is 0 Å². The van der Waals surface area contributed by atoms with E-state index in [-0.39, 0.29) is 23.7 Å². The predicted molar refractivity (Wildman–Crippen MR) is 84.7 cm³/mol. The Hall–Kier alpha value is -0.490. The molecule has 0 aromatic carbocycles. The minimum Gasteiger partial charge on any atom is -0.387 e. The molecule has 132 valence electrons. The number of hydrogen-bond donors (Lipinski definition) is 2. The maximum absolute atomic E-state index is 12.4. The summed E-state index contributed by atoms with van der Waals surface area (Å²) >= 11 is 0. The summed E-state index contributed by atoms with van der Waals surface area (Å²) in [5.74, 6) is -1.58. The smallest absolute Gasteiger partial charge is 0.163 e. The minimum absolute atomic E-state index is 0.0804. The van der Waals surface area contributed by atoms with Gasteiger partial charge in [0.1, 0.15) is 11.4 Å². The maximum Gasteiger partial charge on any atom is 0.163 e. The SMILES string of the molecule is C[C@H]1C(=O)CC[C@]2(C)CC[C@@H]3[C@H](OC(C)(C)OC[C@]3(C)O)[C@@]12O. The molecule has 3 fully saturated rings. The van der Waals surface area contributed by atoms with Crippen LogP contribution in [0.1, 0.15) is 60.3 Å². The number of fused-ring (bicyclic) bond motifs is 3. The van der Waals surface area contributed by atoms with Gasteiger partial charge in [0, 0.05) is 23.7 Å². The second-order valence-corrected chi connectivity index (χ2v) is 8.80. The monoisotopic (exact) mass is 326 g/mol. The largest absolute Gasteiger partial charge is 0.387 e. The molecule has 3 aliphatic rings. The number of aliphatic hydroxyl groups is 2. The molecule has 0 radical (unpaired) electrons. The van der Waals surface area contributed by atoms with Crippen LogP contribution in [0.5, 0.6) is 0 Å². The molecule has 23 heavy (non-hydrogen) atoms. The lowest BCUT2D eigenvalue weighted by Gasteiger charge is -2.61. The lowest BCUT2D eigenvalue weighted by atomic mass is 9.49. The highest BCUT2D eigenvalue weighted by atomic mass is 16.7. The van der Waals surface area contributed by atoms with Gasteiger partial charge in [0.2, 0.25) is 0 Å². The molecule has 0 amide bonds. The molecule has 0 aromatic rings. The first-order chi connectivity index (χ1) is 10.4. The van der Waals surface area contributed by atoms with Crippen LogP contribution in [-0.2, 0) is 14.3 Å². The Bertz CT molecular complexity index is 514. The fourth-order valence-corrected chi connectivity index (χ4v) is 5.01. The number of carbonyl (C=O) groups is 1. The topological polar surface area (TPSA) is 76.0 Å². The molecule has 2 aliphatic carbocycles. The average Bonchev–Trinajstić information content (AvgIpc) is 2.54. The number of rotatable bonds is 0. The molecule has 0 unspecified atom stereocenters. The van der Waals surface area contributed by atoms with Gasteiger partial charge in [-0.15, -0.1) is 0 Å². The molecule has 5 nitrogen and oxygen atoms in total. The Morgan fingerprint density at radius 1 is 1.13 bits per heavy atom. The predicted octanol–water partition coefficient (Wildman–Crippen LogP) is 2.04. The number of hydrogen-bond acceptors (Lipinski definition) is 5. The van der Waals surface area contributed by atoms with E-state index in [1.165, 1.54) is 0 Å². The zero-order chi connectivity index (χ0) is 17.3. The molecule has 2 N–H and O–H groups in total. The highest BCUT2D eigenvalue weighted by molar-refractivity contribution is 5.83. The second kappa shape index (κ2) is 5.01. The van der Waals surface area contributed by atoms with Gasteiger partial charge in [-0.2, -0.15) is 0 Å². The van der Waals surface area contributed by atoms with Crippen molar-refractivity contribution in [3.05, 3.63) is 0 Å². The molecule has 0 spiro atoms. The molecule has 1 aliphatic heterocycles. The van der Waals surface area contributed by atoms with Gasteiger partial charge in [0.05, 0.1) is 18.3 Å². The van der Waals surface area contributed by atoms with Crippen molar-refractivity contribution in [1.82, 2.24) is 0 Å². The van der Waals surface area contributed by atoms with E-state index in [4.69, 9.17) is 9.47 Å². The molecule has 1 heterocycles. The Balaban J connectivity index is 2.11. The highest BCUT2D eigenvalue weighted by Gasteiger charge is 2.67. The lowest BCUT2D eigenvalue weighted by Crippen LogP contribution is -2.70. The molecule has 6 atom stereocenters. The fourth-order valence-electron chi connectivity index (χ4n) is 5.01. The van der Waals surface area contributed by atoms with E-state index in [9.17, 15) is 15.0 Å². The van der Waals surface area contributed by atoms with Crippen LogP contribution in [0.2, 0.25) is 0 Å². The number of Topliss-reactive ketones (excluding diaryl/α,β-unsaturated/α-hetero) is 1. The van der Waals surface area contributed by atoms with Crippen molar-refractivity contribution in [2.24, 2.45) is 17.3 Å². The first-order valence-electron chi connectivity index (χ1n) is 8.72. The fraction of sp³-hybridized carbons (Fsp3) is 0.944. The summed E-state index contributed by atoms with van der Waals surface area (Å²) in [4.78, 5) is 12.4. The van der Waals surface area contributed by atoms with Crippen molar-refractivity contribution in [3.8, 4) is 0 Å². The van der Waals surface area contributed by atoms with Crippen LogP contribution in [0.25, 0.3) is 0 Å². The van der Waals surface area contributed by atoms with Crippen molar-refractivity contribution in [1.29, 1.82) is 0 Å². The van der Waals surface area contributed by atoms with Crippen LogP contribution in [0.15, 0.2) is 0 Å². The molecule has 3 rings (SSSR count). The Morgan fingerprint density at radius 3 is 2.43 bits per heavy atom. The maximum atomic E-state index is 12.4. The number of ketones is 1. The first kappa shape index (κ1) is 17.3. The Kier molecular flexibility index (Phi) is 3.77. The highest BCUT2D eigenvalue weighted by Crippen LogP contribution is 2.59. The summed E-state index contributed by atoms with van der Waals surface area (Å²) in [6, 6.07) is 0. The Labute approximate surface area is 138 Å². The minimum atomic E-state index is -1.28. The molecule has 0 bridgehead atoms. The summed E-state index contributed by atoms with van der Waals surface area (Å²) in [5.41, 5.74) is -2.74. The summed E-state index contributed by atoms with van der Waals surface area (Å²) in [7, 11) is 0. The number of ether oxygens (including phenoxy) is 2. The van der Waals surface area contributed by atoms with Gasteiger partial charge in [-0.25, -0.2) is 0 Å². The zero-order valence-corrected chi connectivity index (χ0v) is 14.9. The van der Waals surface area contributed by atoms with Gasteiger partial charge in [0.15, 0.2) is 5.79 Å². The van der Waals surface area contributed by atoms with Gasteiger partial charge in [0.25, 0.3) is 0 Å². The van der Waals surface area contributed by atoms with Gasteiger partial charge in [-0.3, -0.25) is 4.79 Å². The van der Waals surface area contributed by atoms with E-state index in [2.05, 4.69) is 6.92 Å². The van der Waals surface area contributed by atoms with Crippen LogP contribution < -0.4 is 0 Å². The average molecular weight is 326 g/mol. The van der Waals surface area contributed by atoms with Crippen molar-refractivity contribution >= 4 is 5.78 Å². The Morgan fingerprint density at radius 2 is 1.78 bits per heavy atom. The molecular weight excluding hydrogens is 296 g/mol. The van der Waals surface area contributed by atoms with Crippen LogP contribution in [0.3, 0.4) is 0 Å². The van der Waals surface area contributed by atoms with Gasteiger partial charge in [-0.05, 0) is 40.0 Å². The van der Waals surface area contributed by atoms with Crippen molar-refractivity contribution < 1.29 is 24.5 Å². The number of carbonyl (C=O) groups excluding carboxylic acids is 1. The van der Waals surface area contributed by atoms with E-state index >= 15 is 0 Å². The molecule has 5 heteroatoms. The third-order valence-electron chi connectivity index (χ3n) is 6.76. The van der Waals surface area contributed by atoms with E-state index in [0.717, 1.165) is 12.8 Å². The third-order valence-corrected chi connectivity index (χ3v) is 6.76. The van der Waals surface area contributed by atoms with E-state index in [0.29, 0.717) is 12.8 Å². The van der Waals surface area contributed by atoms with E-state index in [1.807, 2.05) is 0 Å². The van der Waals surface area contributed by atoms with Crippen molar-refractivity contribution in [2.45, 2.75) is 83.4 Å². The van der Waals surface area contributed by atoms with Crippen LogP contribution in [0.4, 0.5) is 0 Å². The van der Waals surface area contributed by atoms with Crippen LogP contribution in [-0.4, -0.2) is 45.7 Å². The normalized spacial score (nSPS) is 53.2. The first-order valence-corrected chi connectivity index (χ1v) is 8.72. The third kappa shape index (κ3) is 2.39. The molecule has 1 saturated heterocycles. The van der Waals surface area contributed by atoms with Crippen LogP contribution in [0, 0.1) is 17.3 Å². The van der Waals surface area contributed by atoms with Gasteiger partial charge < -0.3 is 19.7 Å². The molecule has 0 aromatic heterocycles. The quantitative estimate of drug-likeness (QED) is 0.712. The zero-order valence-electron chi connectivity index (χ0n) is 14.9. The van der Waals surface area contributed by atoms with E-state index in [1.54, 1.807) is 27.7 Å². The van der Waals surface area contributed by atoms with E-state index < -0.39 is 29.0 Å². The molecular formula is C18H30O5. The van der Waals surface area contributed by atoms with Gasteiger partial charge in [-0.1, -0.05) is 13.8 Å². The summed E-state index contributed by atoms with van der Waals surface area (Å²) in [6.45, 7) is 9.38. The van der Waals surface area contributed by atoms with Crippen molar-refractivity contribution in [2.75, 3.05) is 6.61 Å². The second-order valence-electron chi connectivity index (χ2n) is 8.80.